The summed E-state index contributed by atoms with van der Waals surface area (Å²) < 4.78 is 31.2. The minimum Gasteiger partial charge on any atom is -0.305 e. The third-order valence-electron chi connectivity index (χ3n) is 6.14. The summed E-state index contributed by atoms with van der Waals surface area (Å²) in [5.41, 5.74) is 5.96. The van der Waals surface area contributed by atoms with E-state index in [1.807, 2.05) is 29.4 Å². The van der Waals surface area contributed by atoms with E-state index in [1.54, 1.807) is 12.4 Å². The molecule has 0 aliphatic heterocycles. The molecule has 0 spiro atoms. The number of nitrogens with zero attached hydrogens (tertiary/aromatic N) is 6. The lowest BCUT2D eigenvalue weighted by Gasteiger charge is -2.29. The molecule has 6 nitrogen and oxygen atoms in total. The summed E-state index contributed by atoms with van der Waals surface area (Å²) in [5, 5.41) is 9.02. The van der Waals surface area contributed by atoms with Crippen molar-refractivity contribution in [1.82, 2.24) is 29.3 Å². The highest BCUT2D eigenvalue weighted by Crippen LogP contribution is 2.41. The molecule has 0 unspecified atom stereocenters. The number of fused-ring (bicyclic) bond motifs is 1. The molecular weight excluding hydrogens is 410 g/mol. The standard InChI is InChI=1S/C24H26F2N6/c1-30(2)15-17-4-3-5-18(12-17)22-13-20(23-14-27-16-29-32(22)23)21-8-11-28-31(21)19-6-9-24(25,26)10-7-19/h3-5,8,11-14,16,19H,6-7,9-10,15H2,1-2H3. The predicted molar refractivity (Wildman–Crippen MR) is 119 cm³/mol. The van der Waals surface area contributed by atoms with Gasteiger partial charge in [-0.15, -0.1) is 0 Å². The molecule has 0 radical (unpaired) electrons. The Kier molecular flexibility index (Phi) is 5.25. The highest BCUT2D eigenvalue weighted by molar-refractivity contribution is 5.84. The Bertz CT molecular complexity index is 1230. The van der Waals surface area contributed by atoms with Gasteiger partial charge in [-0.3, -0.25) is 4.68 Å². The molecule has 0 saturated heterocycles. The van der Waals surface area contributed by atoms with Crippen molar-refractivity contribution in [2.45, 2.75) is 44.2 Å². The third-order valence-corrected chi connectivity index (χ3v) is 6.14. The van der Waals surface area contributed by atoms with E-state index in [4.69, 9.17) is 0 Å². The average molecular weight is 437 g/mol. The second-order valence-corrected chi connectivity index (χ2v) is 8.84. The summed E-state index contributed by atoms with van der Waals surface area (Å²) in [4.78, 5) is 6.38. The smallest absolute Gasteiger partial charge is 0.248 e. The van der Waals surface area contributed by atoms with Gasteiger partial charge in [-0.1, -0.05) is 18.2 Å². The first-order valence-corrected chi connectivity index (χ1v) is 10.9. The van der Waals surface area contributed by atoms with Crippen LogP contribution in [0.4, 0.5) is 8.78 Å². The minimum absolute atomic E-state index is 0.0360. The monoisotopic (exact) mass is 436 g/mol. The number of hydrogen-bond acceptors (Lipinski definition) is 4. The van der Waals surface area contributed by atoms with Crippen molar-refractivity contribution in [2.75, 3.05) is 14.1 Å². The topological polar surface area (TPSA) is 51.2 Å². The van der Waals surface area contributed by atoms with Crippen molar-refractivity contribution in [3.8, 4) is 22.5 Å². The van der Waals surface area contributed by atoms with E-state index in [0.29, 0.717) is 12.8 Å². The fourth-order valence-electron chi connectivity index (χ4n) is 4.64. The molecule has 0 bridgehead atoms. The molecule has 3 heterocycles. The maximum Gasteiger partial charge on any atom is 0.248 e. The molecule has 166 valence electrons. The first-order valence-electron chi connectivity index (χ1n) is 10.9. The van der Waals surface area contributed by atoms with Gasteiger partial charge in [0.05, 0.1) is 29.1 Å². The van der Waals surface area contributed by atoms with Crippen LogP contribution in [-0.2, 0) is 6.54 Å². The predicted octanol–water partition coefficient (Wildman–Crippen LogP) is 5.07. The summed E-state index contributed by atoms with van der Waals surface area (Å²) >= 11 is 0. The zero-order valence-corrected chi connectivity index (χ0v) is 18.2. The van der Waals surface area contributed by atoms with E-state index in [1.165, 1.54) is 11.9 Å². The molecule has 4 aromatic rings. The van der Waals surface area contributed by atoms with Crippen LogP contribution in [0.1, 0.15) is 37.3 Å². The molecule has 5 rings (SSSR count). The van der Waals surface area contributed by atoms with Gasteiger partial charge in [0.25, 0.3) is 0 Å². The van der Waals surface area contributed by atoms with Crippen LogP contribution in [-0.4, -0.2) is 49.3 Å². The van der Waals surface area contributed by atoms with Gasteiger partial charge in [0, 0.05) is 36.7 Å². The third kappa shape index (κ3) is 3.90. The van der Waals surface area contributed by atoms with Gasteiger partial charge in [0.1, 0.15) is 6.33 Å². The van der Waals surface area contributed by atoms with Crippen molar-refractivity contribution in [2.24, 2.45) is 0 Å². The Morgan fingerprint density at radius 2 is 1.88 bits per heavy atom. The van der Waals surface area contributed by atoms with E-state index in [2.05, 4.69) is 50.4 Å². The molecule has 0 amide bonds. The quantitative estimate of drug-likeness (QED) is 0.438. The maximum atomic E-state index is 13.7. The summed E-state index contributed by atoms with van der Waals surface area (Å²) in [7, 11) is 4.10. The number of benzene rings is 1. The Labute approximate surface area is 185 Å². The molecule has 1 aliphatic carbocycles. The Hall–Kier alpha value is -3.13. The second kappa shape index (κ2) is 8.09. The van der Waals surface area contributed by atoms with Gasteiger partial charge in [-0.2, -0.15) is 10.2 Å². The Balaban J connectivity index is 1.58. The van der Waals surface area contributed by atoms with Crippen LogP contribution in [0.2, 0.25) is 0 Å². The van der Waals surface area contributed by atoms with Crippen molar-refractivity contribution < 1.29 is 8.78 Å². The van der Waals surface area contributed by atoms with Gasteiger partial charge in [0.15, 0.2) is 0 Å². The van der Waals surface area contributed by atoms with Crippen LogP contribution in [0.25, 0.3) is 28.0 Å². The summed E-state index contributed by atoms with van der Waals surface area (Å²) in [6.07, 6.45) is 5.72. The molecule has 1 aliphatic rings. The van der Waals surface area contributed by atoms with Crippen molar-refractivity contribution in [3.63, 3.8) is 0 Å². The first kappa shape index (κ1) is 20.8. The number of aromatic nitrogens is 5. The summed E-state index contributed by atoms with van der Waals surface area (Å²) in [6.45, 7) is 0.845. The zero-order valence-electron chi connectivity index (χ0n) is 18.2. The lowest BCUT2D eigenvalue weighted by atomic mass is 9.92. The van der Waals surface area contributed by atoms with E-state index < -0.39 is 5.92 Å². The fourth-order valence-corrected chi connectivity index (χ4v) is 4.64. The number of halogens is 2. The summed E-state index contributed by atoms with van der Waals surface area (Å²) in [5.74, 6) is -2.56. The number of rotatable bonds is 5. The largest absolute Gasteiger partial charge is 0.305 e. The van der Waals surface area contributed by atoms with Gasteiger partial charge < -0.3 is 4.90 Å². The van der Waals surface area contributed by atoms with Gasteiger partial charge in [-0.25, -0.2) is 18.3 Å². The molecule has 0 atom stereocenters. The lowest BCUT2D eigenvalue weighted by Crippen LogP contribution is -2.27. The molecule has 32 heavy (non-hydrogen) atoms. The normalized spacial score (nSPS) is 16.8. The highest BCUT2D eigenvalue weighted by atomic mass is 19.3. The Morgan fingerprint density at radius 3 is 2.66 bits per heavy atom. The maximum absolute atomic E-state index is 13.7. The van der Waals surface area contributed by atoms with E-state index >= 15 is 0 Å². The van der Waals surface area contributed by atoms with Gasteiger partial charge >= 0.3 is 0 Å². The minimum atomic E-state index is -2.56. The number of hydrogen-bond donors (Lipinski definition) is 0. The van der Waals surface area contributed by atoms with Crippen LogP contribution < -0.4 is 0 Å². The first-order chi connectivity index (χ1) is 15.4. The molecule has 3 aromatic heterocycles. The van der Waals surface area contributed by atoms with Crippen LogP contribution in [0, 0.1) is 0 Å². The zero-order chi connectivity index (χ0) is 22.3. The van der Waals surface area contributed by atoms with E-state index in [9.17, 15) is 8.78 Å². The van der Waals surface area contributed by atoms with Crippen molar-refractivity contribution in [1.29, 1.82) is 0 Å². The molecule has 0 N–H and O–H groups in total. The van der Waals surface area contributed by atoms with Gasteiger partial charge in [0.2, 0.25) is 5.92 Å². The van der Waals surface area contributed by atoms with E-state index in [-0.39, 0.29) is 18.9 Å². The number of alkyl halides is 2. The second-order valence-electron chi connectivity index (χ2n) is 8.84. The van der Waals surface area contributed by atoms with Crippen molar-refractivity contribution in [3.05, 3.63) is 60.7 Å². The summed E-state index contributed by atoms with van der Waals surface area (Å²) in [6, 6.07) is 12.4. The highest BCUT2D eigenvalue weighted by Gasteiger charge is 2.36. The van der Waals surface area contributed by atoms with Crippen LogP contribution in [0.15, 0.2) is 55.1 Å². The molecule has 1 fully saturated rings. The van der Waals surface area contributed by atoms with Crippen LogP contribution >= 0.6 is 0 Å². The Morgan fingerprint density at radius 1 is 1.06 bits per heavy atom. The van der Waals surface area contributed by atoms with Gasteiger partial charge in [-0.05, 0) is 50.7 Å². The average Bonchev–Trinajstić information content (AvgIpc) is 3.38. The van der Waals surface area contributed by atoms with Crippen molar-refractivity contribution >= 4 is 5.52 Å². The molecule has 8 heteroatoms. The lowest BCUT2D eigenvalue weighted by molar-refractivity contribution is -0.0448. The SMILES string of the molecule is CN(C)Cc1cccc(-c2cc(-c3ccnn3C3CCC(F)(F)CC3)c3cncnn23)c1. The molecule has 1 saturated carbocycles. The van der Waals surface area contributed by atoms with E-state index in [0.717, 1.165) is 34.6 Å². The fraction of sp³-hybridized carbons (Fsp3) is 0.375. The molecule has 1 aromatic carbocycles. The van der Waals surface area contributed by atoms with Crippen LogP contribution in [0.3, 0.4) is 0 Å². The molecular formula is C24H26F2N6. The van der Waals surface area contributed by atoms with Crippen LogP contribution in [0.5, 0.6) is 0 Å².